The van der Waals surface area contributed by atoms with Gasteiger partial charge in [0.1, 0.15) is 5.75 Å². The van der Waals surface area contributed by atoms with Crippen LogP contribution in [0, 0.1) is 0 Å². The van der Waals surface area contributed by atoms with Gasteiger partial charge in [-0.15, -0.1) is 0 Å². The Balaban J connectivity index is 2.20. The third-order valence-electron chi connectivity index (χ3n) is 2.69. The Morgan fingerprint density at radius 1 is 1.17 bits per heavy atom. The van der Waals surface area contributed by atoms with E-state index < -0.39 is 0 Å². The number of rotatable bonds is 3. The van der Waals surface area contributed by atoms with Gasteiger partial charge in [-0.1, -0.05) is 46.3 Å². The average molecular weight is 304 g/mol. The first kappa shape index (κ1) is 12.8. The fourth-order valence-corrected chi connectivity index (χ4v) is 2.04. The third kappa shape index (κ3) is 3.20. The number of nitrogens with zero attached hydrogens (tertiary/aromatic N) is 1. The molecule has 3 heteroatoms. The van der Waals surface area contributed by atoms with E-state index in [-0.39, 0.29) is 5.75 Å². The van der Waals surface area contributed by atoms with Crippen LogP contribution in [0.25, 0.3) is 0 Å². The first-order valence-corrected chi connectivity index (χ1v) is 6.50. The van der Waals surface area contributed by atoms with Crippen molar-refractivity contribution in [2.24, 2.45) is 4.99 Å². The minimum Gasteiger partial charge on any atom is -0.507 e. The molecule has 18 heavy (non-hydrogen) atoms. The molecule has 2 nitrogen and oxygen atoms in total. The summed E-state index contributed by atoms with van der Waals surface area (Å²) in [6.45, 7) is 2.53. The van der Waals surface area contributed by atoms with Crippen LogP contribution in [0.2, 0.25) is 0 Å². The third-order valence-corrected chi connectivity index (χ3v) is 3.18. The zero-order valence-corrected chi connectivity index (χ0v) is 11.7. The van der Waals surface area contributed by atoms with Gasteiger partial charge < -0.3 is 5.11 Å². The topological polar surface area (TPSA) is 32.6 Å². The van der Waals surface area contributed by atoms with Crippen molar-refractivity contribution in [1.82, 2.24) is 0 Å². The smallest absolute Gasteiger partial charge is 0.124 e. The lowest BCUT2D eigenvalue weighted by Crippen LogP contribution is -1.96. The average Bonchev–Trinajstić information content (AvgIpc) is 2.40. The maximum atomic E-state index is 9.80. The van der Waals surface area contributed by atoms with E-state index in [2.05, 4.69) is 20.9 Å². The molecule has 0 aliphatic carbocycles. The molecule has 1 N–H and O–H groups in total. The van der Waals surface area contributed by atoms with E-state index in [9.17, 15) is 5.11 Å². The van der Waals surface area contributed by atoms with Gasteiger partial charge >= 0.3 is 0 Å². The second-order valence-electron chi connectivity index (χ2n) is 4.05. The van der Waals surface area contributed by atoms with Crippen LogP contribution in [0.4, 0.5) is 0 Å². The zero-order chi connectivity index (χ0) is 13.0. The van der Waals surface area contributed by atoms with E-state index in [0.29, 0.717) is 6.54 Å². The Morgan fingerprint density at radius 2 is 1.89 bits per heavy atom. The van der Waals surface area contributed by atoms with Gasteiger partial charge in [0, 0.05) is 15.7 Å². The van der Waals surface area contributed by atoms with Crippen LogP contribution in [0.3, 0.4) is 0 Å². The minimum atomic E-state index is 0.257. The van der Waals surface area contributed by atoms with Crippen molar-refractivity contribution in [3.63, 3.8) is 0 Å². The summed E-state index contributed by atoms with van der Waals surface area (Å²) in [5, 5.41) is 9.80. The first-order valence-electron chi connectivity index (χ1n) is 5.70. The Kier molecular flexibility index (Phi) is 4.15. The molecule has 2 aromatic carbocycles. The van der Waals surface area contributed by atoms with E-state index >= 15 is 0 Å². The highest BCUT2D eigenvalue weighted by atomic mass is 79.9. The van der Waals surface area contributed by atoms with Crippen molar-refractivity contribution >= 4 is 21.6 Å². The van der Waals surface area contributed by atoms with Crippen LogP contribution >= 0.6 is 15.9 Å². The quantitative estimate of drug-likeness (QED) is 0.848. The molecule has 0 bridgehead atoms. The molecule has 0 radical (unpaired) electrons. The van der Waals surface area contributed by atoms with Crippen molar-refractivity contribution in [3.8, 4) is 5.75 Å². The van der Waals surface area contributed by atoms with Crippen molar-refractivity contribution in [3.05, 3.63) is 64.1 Å². The highest BCUT2D eigenvalue weighted by Gasteiger charge is 2.04. The van der Waals surface area contributed by atoms with Crippen LogP contribution in [-0.4, -0.2) is 10.8 Å². The van der Waals surface area contributed by atoms with E-state index in [1.165, 1.54) is 0 Å². The monoisotopic (exact) mass is 303 g/mol. The summed E-state index contributed by atoms with van der Waals surface area (Å²) in [6.07, 6.45) is 0. The zero-order valence-electron chi connectivity index (χ0n) is 10.1. The van der Waals surface area contributed by atoms with Crippen LogP contribution < -0.4 is 0 Å². The molecule has 0 fully saturated rings. The summed E-state index contributed by atoms with van der Waals surface area (Å²) >= 11 is 3.39. The molecule has 2 rings (SSSR count). The number of phenolic OH excluding ortho intramolecular Hbond substituents is 1. The van der Waals surface area contributed by atoms with Gasteiger partial charge in [-0.05, 0) is 30.7 Å². The summed E-state index contributed by atoms with van der Waals surface area (Å²) in [7, 11) is 0. The molecule has 0 amide bonds. The first-order chi connectivity index (χ1) is 8.66. The fraction of sp³-hybridized carbons (Fsp3) is 0.133. The summed E-state index contributed by atoms with van der Waals surface area (Å²) in [5.74, 6) is 0.257. The number of benzene rings is 2. The summed E-state index contributed by atoms with van der Waals surface area (Å²) in [4.78, 5) is 4.50. The predicted molar refractivity (Wildman–Crippen MR) is 78.2 cm³/mol. The molecule has 0 unspecified atom stereocenters. The molecule has 0 saturated heterocycles. The molecule has 0 aliphatic rings. The van der Waals surface area contributed by atoms with Crippen molar-refractivity contribution < 1.29 is 5.11 Å². The van der Waals surface area contributed by atoms with Gasteiger partial charge in [-0.3, -0.25) is 4.99 Å². The maximum Gasteiger partial charge on any atom is 0.124 e. The van der Waals surface area contributed by atoms with Crippen LogP contribution in [0.1, 0.15) is 18.1 Å². The molecule has 0 spiro atoms. The highest BCUT2D eigenvalue weighted by molar-refractivity contribution is 9.10. The van der Waals surface area contributed by atoms with E-state index in [1.807, 2.05) is 49.4 Å². The molecular weight excluding hydrogens is 290 g/mol. The Morgan fingerprint density at radius 3 is 2.61 bits per heavy atom. The Bertz CT molecular complexity index is 564. The summed E-state index contributed by atoms with van der Waals surface area (Å²) in [6, 6.07) is 15.4. The van der Waals surface area contributed by atoms with Gasteiger partial charge in [0.25, 0.3) is 0 Å². The lowest BCUT2D eigenvalue weighted by Gasteiger charge is -2.05. The largest absolute Gasteiger partial charge is 0.507 e. The number of aromatic hydroxyl groups is 1. The highest BCUT2D eigenvalue weighted by Crippen LogP contribution is 2.22. The second kappa shape index (κ2) is 5.83. The lowest BCUT2D eigenvalue weighted by molar-refractivity contribution is 0.474. The van der Waals surface area contributed by atoms with Gasteiger partial charge in [0.05, 0.1) is 6.54 Å². The number of phenols is 1. The van der Waals surface area contributed by atoms with Crippen LogP contribution in [0.5, 0.6) is 5.75 Å². The SMILES string of the molecule is CC(=NCc1ccccc1)c1cc(Br)ccc1O. The summed E-state index contributed by atoms with van der Waals surface area (Å²) < 4.78 is 0.935. The molecule has 92 valence electrons. The molecular formula is C15H14BrNO. The molecule has 0 atom stereocenters. The number of aliphatic imine (C=N–C) groups is 1. The molecule has 0 saturated carbocycles. The van der Waals surface area contributed by atoms with Gasteiger partial charge in [0.15, 0.2) is 0 Å². The minimum absolute atomic E-state index is 0.257. The normalized spacial score (nSPS) is 11.6. The van der Waals surface area contributed by atoms with E-state index in [1.54, 1.807) is 6.07 Å². The Hall–Kier alpha value is -1.61. The van der Waals surface area contributed by atoms with E-state index in [4.69, 9.17) is 0 Å². The molecule has 2 aromatic rings. The van der Waals surface area contributed by atoms with Crippen molar-refractivity contribution in [1.29, 1.82) is 0 Å². The van der Waals surface area contributed by atoms with Gasteiger partial charge in [0.2, 0.25) is 0 Å². The standard InChI is InChI=1S/C15H14BrNO/c1-11(14-9-13(16)7-8-15(14)18)17-10-12-5-3-2-4-6-12/h2-9,18H,10H2,1H3. The lowest BCUT2D eigenvalue weighted by atomic mass is 10.1. The molecule has 0 aromatic heterocycles. The van der Waals surface area contributed by atoms with Gasteiger partial charge in [-0.2, -0.15) is 0 Å². The van der Waals surface area contributed by atoms with Crippen molar-refractivity contribution in [2.45, 2.75) is 13.5 Å². The second-order valence-corrected chi connectivity index (χ2v) is 4.96. The van der Waals surface area contributed by atoms with Crippen molar-refractivity contribution in [2.75, 3.05) is 0 Å². The number of hydrogen-bond acceptors (Lipinski definition) is 2. The van der Waals surface area contributed by atoms with Crippen LogP contribution in [0.15, 0.2) is 58.0 Å². The fourth-order valence-electron chi connectivity index (χ4n) is 1.68. The number of halogens is 1. The van der Waals surface area contributed by atoms with E-state index in [0.717, 1.165) is 21.3 Å². The number of hydrogen-bond donors (Lipinski definition) is 1. The molecule has 0 heterocycles. The summed E-state index contributed by atoms with van der Waals surface area (Å²) in [5.41, 5.74) is 2.75. The van der Waals surface area contributed by atoms with Gasteiger partial charge in [-0.25, -0.2) is 0 Å². The predicted octanol–water partition coefficient (Wildman–Crippen LogP) is 4.16. The van der Waals surface area contributed by atoms with Crippen LogP contribution in [-0.2, 0) is 6.54 Å². The molecule has 0 aliphatic heterocycles. The maximum absolute atomic E-state index is 9.80. The Labute approximate surface area is 115 Å².